The third-order valence-corrected chi connectivity index (χ3v) is 5.42. The molecule has 0 saturated carbocycles. The molecule has 1 aliphatic rings. The van der Waals surface area contributed by atoms with Crippen LogP contribution >= 0.6 is 11.6 Å². The minimum Gasteiger partial charge on any atom is -0.493 e. The lowest BCUT2D eigenvalue weighted by Gasteiger charge is -2.37. The topological polar surface area (TPSA) is 50.7 Å². The average Bonchev–Trinajstić information content (AvgIpc) is 2.76. The SMILES string of the molecule is COc1cc2nc(C(F)(F)F)nc(N3CCN(c4cccc(Cl)c4)CC3)c2cc1OC. The molecule has 0 aliphatic carbocycles. The normalized spacial score (nSPS) is 14.8. The van der Waals surface area contributed by atoms with E-state index in [-0.39, 0.29) is 11.3 Å². The standard InChI is InChI=1S/C21H20ClF3N4O2/c1-30-17-11-15-16(12-18(17)31-2)26-20(21(23,24)25)27-19(15)29-8-6-28(7-9-29)14-5-3-4-13(22)10-14/h3-5,10-12H,6-9H2,1-2H3. The molecule has 0 radical (unpaired) electrons. The number of anilines is 2. The van der Waals surface area contributed by atoms with Crippen LogP contribution in [0.25, 0.3) is 10.9 Å². The van der Waals surface area contributed by atoms with Crippen LogP contribution in [0.5, 0.6) is 11.5 Å². The zero-order valence-corrected chi connectivity index (χ0v) is 17.7. The van der Waals surface area contributed by atoms with Crippen molar-refractivity contribution in [2.75, 3.05) is 50.2 Å². The monoisotopic (exact) mass is 452 g/mol. The van der Waals surface area contributed by atoms with Crippen LogP contribution in [0.2, 0.25) is 5.02 Å². The number of hydrogen-bond acceptors (Lipinski definition) is 6. The molecule has 0 amide bonds. The number of methoxy groups -OCH3 is 2. The van der Waals surface area contributed by atoms with Gasteiger partial charge in [0.05, 0.1) is 19.7 Å². The molecule has 6 nitrogen and oxygen atoms in total. The zero-order valence-electron chi connectivity index (χ0n) is 16.9. The summed E-state index contributed by atoms with van der Waals surface area (Å²) in [7, 11) is 2.89. The first-order valence-electron chi connectivity index (χ1n) is 9.56. The Labute approximate surface area is 182 Å². The van der Waals surface area contributed by atoms with E-state index in [1.165, 1.54) is 20.3 Å². The van der Waals surface area contributed by atoms with Crippen molar-refractivity contribution >= 4 is 34.0 Å². The number of hydrogen-bond donors (Lipinski definition) is 0. The Bertz CT molecular complexity index is 1100. The largest absolute Gasteiger partial charge is 0.493 e. The Morgan fingerprint density at radius 1 is 0.903 bits per heavy atom. The van der Waals surface area contributed by atoms with Gasteiger partial charge in [-0.05, 0) is 24.3 Å². The second-order valence-electron chi connectivity index (χ2n) is 7.05. The molecule has 1 saturated heterocycles. The van der Waals surface area contributed by atoms with Crippen molar-refractivity contribution in [3.05, 3.63) is 47.2 Å². The van der Waals surface area contributed by atoms with Crippen LogP contribution in [-0.4, -0.2) is 50.4 Å². The van der Waals surface area contributed by atoms with E-state index in [0.717, 1.165) is 5.69 Å². The van der Waals surface area contributed by atoms with E-state index in [1.807, 2.05) is 23.1 Å². The fourth-order valence-electron chi connectivity index (χ4n) is 3.66. The van der Waals surface area contributed by atoms with Crippen molar-refractivity contribution in [1.29, 1.82) is 0 Å². The second kappa shape index (κ2) is 8.30. The van der Waals surface area contributed by atoms with Crippen molar-refractivity contribution in [3.63, 3.8) is 0 Å². The zero-order chi connectivity index (χ0) is 22.2. The molecule has 1 aliphatic heterocycles. The van der Waals surface area contributed by atoms with E-state index in [1.54, 1.807) is 12.1 Å². The molecular weight excluding hydrogens is 433 g/mol. The van der Waals surface area contributed by atoms with Crippen LogP contribution in [0.4, 0.5) is 24.7 Å². The number of piperazine rings is 1. The molecule has 10 heteroatoms. The first kappa shape index (κ1) is 21.3. The third-order valence-electron chi connectivity index (χ3n) is 5.19. The van der Waals surface area contributed by atoms with E-state index < -0.39 is 12.0 Å². The number of halogens is 4. The van der Waals surface area contributed by atoms with Crippen molar-refractivity contribution in [2.45, 2.75) is 6.18 Å². The van der Waals surface area contributed by atoms with E-state index in [2.05, 4.69) is 14.9 Å². The third kappa shape index (κ3) is 4.27. The van der Waals surface area contributed by atoms with Gasteiger partial charge in [-0.1, -0.05) is 17.7 Å². The van der Waals surface area contributed by atoms with Crippen molar-refractivity contribution in [1.82, 2.24) is 9.97 Å². The quantitative estimate of drug-likeness (QED) is 0.574. The molecule has 0 unspecified atom stereocenters. The summed E-state index contributed by atoms with van der Waals surface area (Å²) in [6, 6.07) is 10.6. The molecular formula is C21H20ClF3N4O2. The molecule has 0 bridgehead atoms. The van der Waals surface area contributed by atoms with Crippen LogP contribution in [0, 0.1) is 0 Å². The van der Waals surface area contributed by atoms with Gasteiger partial charge >= 0.3 is 6.18 Å². The van der Waals surface area contributed by atoms with Gasteiger partial charge in [-0.25, -0.2) is 9.97 Å². The Kier molecular flexibility index (Phi) is 5.70. The lowest BCUT2D eigenvalue weighted by atomic mass is 10.1. The predicted octanol–water partition coefficient (Wildman–Crippen LogP) is 4.65. The Morgan fingerprint density at radius 2 is 1.55 bits per heavy atom. The molecule has 2 aromatic carbocycles. The minimum atomic E-state index is -4.67. The number of rotatable bonds is 4. The smallest absolute Gasteiger partial charge is 0.451 e. The number of alkyl halides is 3. The number of nitrogens with zero attached hydrogens (tertiary/aromatic N) is 4. The van der Waals surface area contributed by atoms with Crippen LogP contribution in [0.15, 0.2) is 36.4 Å². The number of ether oxygens (including phenoxy) is 2. The Morgan fingerprint density at radius 3 is 2.16 bits per heavy atom. The van der Waals surface area contributed by atoms with Gasteiger partial charge in [0.15, 0.2) is 11.5 Å². The molecule has 4 rings (SSSR count). The maximum absolute atomic E-state index is 13.5. The summed E-state index contributed by atoms with van der Waals surface area (Å²) >= 11 is 6.08. The lowest BCUT2D eigenvalue weighted by molar-refractivity contribution is -0.144. The molecule has 1 aromatic heterocycles. The molecule has 31 heavy (non-hydrogen) atoms. The summed E-state index contributed by atoms with van der Waals surface area (Å²) in [4.78, 5) is 11.6. The van der Waals surface area contributed by atoms with E-state index in [4.69, 9.17) is 21.1 Å². The highest BCUT2D eigenvalue weighted by Gasteiger charge is 2.36. The summed E-state index contributed by atoms with van der Waals surface area (Å²) < 4.78 is 51.0. The highest BCUT2D eigenvalue weighted by Crippen LogP contribution is 2.38. The van der Waals surface area contributed by atoms with Crippen molar-refractivity contribution in [2.24, 2.45) is 0 Å². The van der Waals surface area contributed by atoms with Crippen LogP contribution in [-0.2, 0) is 6.18 Å². The highest BCUT2D eigenvalue weighted by molar-refractivity contribution is 6.30. The number of benzene rings is 2. The van der Waals surface area contributed by atoms with Crippen LogP contribution in [0.1, 0.15) is 5.82 Å². The molecule has 0 spiro atoms. The number of fused-ring (bicyclic) bond motifs is 1. The average molecular weight is 453 g/mol. The molecule has 0 atom stereocenters. The molecule has 164 valence electrons. The summed E-state index contributed by atoms with van der Waals surface area (Å²) in [6.45, 7) is 2.20. The van der Waals surface area contributed by atoms with E-state index in [9.17, 15) is 13.2 Å². The van der Waals surface area contributed by atoms with Gasteiger partial charge in [0, 0.05) is 48.3 Å². The fraction of sp³-hybridized carbons (Fsp3) is 0.333. The molecule has 1 fully saturated rings. The molecule has 0 N–H and O–H groups in total. The summed E-state index contributed by atoms with van der Waals surface area (Å²) in [5.41, 5.74) is 1.12. The predicted molar refractivity (Wildman–Crippen MR) is 114 cm³/mol. The highest BCUT2D eigenvalue weighted by atomic mass is 35.5. The lowest BCUT2D eigenvalue weighted by Crippen LogP contribution is -2.47. The molecule has 3 aromatic rings. The first-order chi connectivity index (χ1) is 14.8. The first-order valence-corrected chi connectivity index (χ1v) is 9.94. The van der Waals surface area contributed by atoms with Gasteiger partial charge in [-0.3, -0.25) is 0 Å². The van der Waals surface area contributed by atoms with Gasteiger partial charge < -0.3 is 19.3 Å². The minimum absolute atomic E-state index is 0.146. The van der Waals surface area contributed by atoms with Gasteiger partial charge in [0.1, 0.15) is 5.82 Å². The van der Waals surface area contributed by atoms with Crippen molar-refractivity contribution < 1.29 is 22.6 Å². The number of aromatic nitrogens is 2. The fourth-order valence-corrected chi connectivity index (χ4v) is 3.84. The van der Waals surface area contributed by atoms with Gasteiger partial charge in [0.2, 0.25) is 5.82 Å². The second-order valence-corrected chi connectivity index (χ2v) is 7.48. The summed E-state index contributed by atoms with van der Waals surface area (Å²) in [5.74, 6) is -0.251. The van der Waals surface area contributed by atoms with E-state index >= 15 is 0 Å². The maximum Gasteiger partial charge on any atom is 0.451 e. The van der Waals surface area contributed by atoms with E-state index in [0.29, 0.717) is 48.1 Å². The van der Waals surface area contributed by atoms with Gasteiger partial charge in [-0.2, -0.15) is 13.2 Å². The van der Waals surface area contributed by atoms with Crippen LogP contribution in [0.3, 0.4) is 0 Å². The van der Waals surface area contributed by atoms with Crippen LogP contribution < -0.4 is 19.3 Å². The maximum atomic E-state index is 13.5. The molecule has 2 heterocycles. The Balaban J connectivity index is 1.72. The van der Waals surface area contributed by atoms with Gasteiger partial charge in [0.25, 0.3) is 0 Å². The Hall–Kier alpha value is -2.94. The van der Waals surface area contributed by atoms with Crippen molar-refractivity contribution in [3.8, 4) is 11.5 Å². The summed E-state index contributed by atoms with van der Waals surface area (Å²) in [5, 5.41) is 1.11. The van der Waals surface area contributed by atoms with Gasteiger partial charge in [-0.15, -0.1) is 0 Å². The summed E-state index contributed by atoms with van der Waals surface area (Å²) in [6.07, 6.45) is -4.67.